The number of ether oxygens (including phenoxy) is 1. The van der Waals surface area contributed by atoms with Crippen molar-refractivity contribution in [3.8, 4) is 0 Å². The summed E-state index contributed by atoms with van der Waals surface area (Å²) < 4.78 is 5.68. The highest BCUT2D eigenvalue weighted by molar-refractivity contribution is 5.70. The van der Waals surface area contributed by atoms with E-state index in [0.717, 1.165) is 18.7 Å². The van der Waals surface area contributed by atoms with E-state index in [1.54, 1.807) is 0 Å². The molecular weight excluding hydrogens is 254 g/mol. The molecule has 0 unspecified atom stereocenters. The lowest BCUT2D eigenvalue weighted by molar-refractivity contribution is -0.910. The van der Waals surface area contributed by atoms with Gasteiger partial charge >= 0.3 is 5.97 Å². The van der Waals surface area contributed by atoms with Gasteiger partial charge in [0.15, 0.2) is 6.54 Å². The smallest absolute Gasteiger partial charge is 0.361 e. The molecular formula is C16H24NO3+. The van der Waals surface area contributed by atoms with Gasteiger partial charge in [-0.2, -0.15) is 0 Å². The molecule has 0 radical (unpaired) electrons. The molecule has 1 aromatic rings. The summed E-state index contributed by atoms with van der Waals surface area (Å²) >= 11 is 0. The van der Waals surface area contributed by atoms with Crippen LogP contribution in [0.5, 0.6) is 0 Å². The van der Waals surface area contributed by atoms with Gasteiger partial charge in [0.1, 0.15) is 5.60 Å². The Kier molecular flexibility index (Phi) is 4.45. The fourth-order valence-corrected chi connectivity index (χ4v) is 2.86. The van der Waals surface area contributed by atoms with Gasteiger partial charge in [-0.25, -0.2) is 4.79 Å². The molecule has 20 heavy (non-hydrogen) atoms. The molecule has 0 saturated carbocycles. The van der Waals surface area contributed by atoms with Gasteiger partial charge in [0.25, 0.3) is 0 Å². The van der Waals surface area contributed by atoms with Crippen LogP contribution in [0.25, 0.3) is 0 Å². The number of quaternary nitrogens is 1. The lowest BCUT2D eigenvalue weighted by Gasteiger charge is -2.43. The maximum atomic E-state index is 11.6. The first kappa shape index (κ1) is 15.0. The third kappa shape index (κ3) is 3.38. The fourth-order valence-electron chi connectivity index (χ4n) is 2.86. The molecule has 1 N–H and O–H groups in total. The molecule has 0 amide bonds. The van der Waals surface area contributed by atoms with E-state index in [-0.39, 0.29) is 5.97 Å². The van der Waals surface area contributed by atoms with E-state index in [2.05, 4.69) is 7.05 Å². The lowest BCUT2D eigenvalue weighted by atomic mass is 9.83. The summed E-state index contributed by atoms with van der Waals surface area (Å²) in [6.45, 7) is 4.20. The van der Waals surface area contributed by atoms with Gasteiger partial charge < -0.3 is 14.3 Å². The van der Waals surface area contributed by atoms with Crippen molar-refractivity contribution < 1.29 is 19.1 Å². The molecule has 1 heterocycles. The van der Waals surface area contributed by atoms with Crippen LogP contribution in [-0.4, -0.2) is 48.8 Å². The number of esters is 1. The standard InChI is InChI=1S/C16H24NO3/c1-3-20-15(18)13-17(2)11-9-16(19,10-12-17)14-7-5-4-6-8-14/h4-8,19H,3,9-13H2,1-2H3/q+1. The predicted molar refractivity (Wildman–Crippen MR) is 77.0 cm³/mol. The van der Waals surface area contributed by atoms with Crippen molar-refractivity contribution in [2.24, 2.45) is 0 Å². The summed E-state index contributed by atoms with van der Waals surface area (Å²) in [5, 5.41) is 10.8. The number of carbonyl (C=O) groups excluding carboxylic acids is 1. The first-order valence-corrected chi connectivity index (χ1v) is 7.24. The van der Waals surface area contributed by atoms with Crippen LogP contribution in [0.15, 0.2) is 30.3 Å². The molecule has 1 saturated heterocycles. The Labute approximate surface area is 120 Å². The normalized spacial score (nSPS) is 29.9. The van der Waals surface area contributed by atoms with Crippen LogP contribution in [0.1, 0.15) is 25.3 Å². The number of rotatable bonds is 4. The number of aliphatic hydroxyl groups is 1. The van der Waals surface area contributed by atoms with Gasteiger partial charge in [-0.05, 0) is 12.5 Å². The summed E-state index contributed by atoms with van der Waals surface area (Å²) in [5.74, 6) is -0.153. The first-order chi connectivity index (χ1) is 9.47. The third-order valence-electron chi connectivity index (χ3n) is 4.26. The van der Waals surface area contributed by atoms with E-state index in [1.165, 1.54) is 0 Å². The maximum absolute atomic E-state index is 11.6. The molecule has 1 aliphatic heterocycles. The number of benzene rings is 1. The number of likely N-dealkylation sites (N-methyl/N-ethyl adjacent to an activating group) is 1. The molecule has 1 aliphatic rings. The second-order valence-corrected chi connectivity index (χ2v) is 5.93. The molecule has 1 aromatic carbocycles. The van der Waals surface area contributed by atoms with Crippen LogP contribution < -0.4 is 0 Å². The van der Waals surface area contributed by atoms with E-state index in [4.69, 9.17) is 4.74 Å². The number of nitrogens with zero attached hydrogens (tertiary/aromatic N) is 1. The Balaban J connectivity index is 1.99. The summed E-state index contributed by atoms with van der Waals surface area (Å²) in [4.78, 5) is 11.6. The van der Waals surface area contributed by atoms with E-state index in [9.17, 15) is 9.90 Å². The Morgan fingerprint density at radius 1 is 1.30 bits per heavy atom. The number of likely N-dealkylation sites (tertiary alicyclic amines) is 1. The summed E-state index contributed by atoms with van der Waals surface area (Å²) in [6, 6.07) is 9.81. The minimum Gasteiger partial charge on any atom is -0.462 e. The molecule has 110 valence electrons. The quantitative estimate of drug-likeness (QED) is 0.673. The van der Waals surface area contributed by atoms with Crippen molar-refractivity contribution in [1.82, 2.24) is 0 Å². The zero-order valence-electron chi connectivity index (χ0n) is 12.3. The van der Waals surface area contributed by atoms with Gasteiger partial charge in [0.2, 0.25) is 0 Å². The van der Waals surface area contributed by atoms with Crippen LogP contribution in [0, 0.1) is 0 Å². The molecule has 0 aliphatic carbocycles. The van der Waals surface area contributed by atoms with Crippen LogP contribution in [0.4, 0.5) is 0 Å². The molecule has 0 atom stereocenters. The van der Waals surface area contributed by atoms with Crippen LogP contribution in [-0.2, 0) is 15.1 Å². The van der Waals surface area contributed by atoms with E-state index in [1.807, 2.05) is 37.3 Å². The minimum absolute atomic E-state index is 0.153. The van der Waals surface area contributed by atoms with Gasteiger partial charge in [-0.3, -0.25) is 0 Å². The Hall–Kier alpha value is -1.39. The minimum atomic E-state index is -0.756. The van der Waals surface area contributed by atoms with Crippen molar-refractivity contribution in [3.05, 3.63) is 35.9 Å². The highest BCUT2D eigenvalue weighted by Crippen LogP contribution is 2.34. The number of carbonyl (C=O) groups is 1. The van der Waals surface area contributed by atoms with Crippen LogP contribution in [0.3, 0.4) is 0 Å². The second kappa shape index (κ2) is 5.94. The van der Waals surface area contributed by atoms with Crippen molar-refractivity contribution in [2.45, 2.75) is 25.4 Å². The summed E-state index contributed by atoms with van der Waals surface area (Å²) in [5.41, 5.74) is 0.218. The van der Waals surface area contributed by atoms with Gasteiger partial charge in [-0.1, -0.05) is 30.3 Å². The largest absolute Gasteiger partial charge is 0.462 e. The van der Waals surface area contributed by atoms with Gasteiger partial charge in [-0.15, -0.1) is 0 Å². The monoisotopic (exact) mass is 278 g/mol. The van der Waals surface area contributed by atoms with Crippen molar-refractivity contribution >= 4 is 5.97 Å². The zero-order valence-corrected chi connectivity index (χ0v) is 12.3. The second-order valence-electron chi connectivity index (χ2n) is 5.93. The molecule has 4 heteroatoms. The van der Waals surface area contributed by atoms with Crippen molar-refractivity contribution in [2.75, 3.05) is 33.3 Å². The van der Waals surface area contributed by atoms with E-state index >= 15 is 0 Å². The first-order valence-electron chi connectivity index (χ1n) is 7.24. The van der Waals surface area contributed by atoms with Gasteiger partial charge in [0.05, 0.1) is 26.7 Å². The van der Waals surface area contributed by atoms with E-state index < -0.39 is 5.60 Å². The summed E-state index contributed by atoms with van der Waals surface area (Å²) in [7, 11) is 2.06. The Morgan fingerprint density at radius 3 is 2.45 bits per heavy atom. The summed E-state index contributed by atoms with van der Waals surface area (Å²) in [6.07, 6.45) is 1.35. The number of hydrogen-bond donors (Lipinski definition) is 1. The Bertz CT molecular complexity index is 450. The average molecular weight is 278 g/mol. The fraction of sp³-hybridized carbons (Fsp3) is 0.562. The SMILES string of the molecule is CCOC(=O)C[N+]1(C)CCC(O)(c2ccccc2)CC1. The lowest BCUT2D eigenvalue weighted by Crippen LogP contribution is -2.56. The van der Waals surface area contributed by atoms with Crippen molar-refractivity contribution in [1.29, 1.82) is 0 Å². The van der Waals surface area contributed by atoms with E-state index in [0.29, 0.717) is 30.5 Å². The third-order valence-corrected chi connectivity index (χ3v) is 4.26. The topological polar surface area (TPSA) is 46.5 Å². The molecule has 0 bridgehead atoms. The molecule has 0 aromatic heterocycles. The number of piperidine rings is 1. The maximum Gasteiger partial charge on any atom is 0.361 e. The number of hydrogen-bond acceptors (Lipinski definition) is 3. The molecule has 0 spiro atoms. The van der Waals surface area contributed by atoms with Crippen LogP contribution in [0.2, 0.25) is 0 Å². The zero-order chi connectivity index (χ0) is 14.6. The average Bonchev–Trinajstić information content (AvgIpc) is 2.44. The molecule has 2 rings (SSSR count). The van der Waals surface area contributed by atoms with Crippen LogP contribution >= 0.6 is 0 Å². The van der Waals surface area contributed by atoms with Gasteiger partial charge in [0, 0.05) is 12.8 Å². The molecule has 4 nitrogen and oxygen atoms in total. The predicted octanol–water partition coefficient (Wildman–Crippen LogP) is 1.68. The Morgan fingerprint density at radius 2 is 1.90 bits per heavy atom. The molecule has 1 fully saturated rings. The highest BCUT2D eigenvalue weighted by Gasteiger charge is 2.41. The van der Waals surface area contributed by atoms with Crippen molar-refractivity contribution in [3.63, 3.8) is 0 Å². The highest BCUT2D eigenvalue weighted by atomic mass is 16.5.